The Morgan fingerprint density at radius 2 is 2.27 bits per heavy atom. The van der Waals surface area contributed by atoms with E-state index in [4.69, 9.17) is 0 Å². The van der Waals surface area contributed by atoms with Crippen LogP contribution in [0.25, 0.3) is 0 Å². The number of hydrogen-bond acceptors (Lipinski definition) is 4. The first-order valence-corrected chi connectivity index (χ1v) is 5.80. The van der Waals surface area contributed by atoms with Gasteiger partial charge in [0.15, 0.2) is 5.82 Å². The van der Waals surface area contributed by atoms with Crippen LogP contribution in [0.4, 0.5) is 0 Å². The molecule has 1 heterocycles. The van der Waals surface area contributed by atoms with Gasteiger partial charge in [-0.2, -0.15) is 5.21 Å². The van der Waals surface area contributed by atoms with Crippen molar-refractivity contribution in [2.45, 2.75) is 51.6 Å². The molecule has 2 atom stereocenters. The molecule has 15 heavy (non-hydrogen) atoms. The second-order valence-electron chi connectivity index (χ2n) is 4.52. The van der Waals surface area contributed by atoms with Crippen molar-refractivity contribution in [3.05, 3.63) is 5.82 Å². The second-order valence-corrected chi connectivity index (χ2v) is 4.52. The van der Waals surface area contributed by atoms with Crippen molar-refractivity contribution in [3.63, 3.8) is 0 Å². The van der Waals surface area contributed by atoms with E-state index in [1.54, 1.807) is 0 Å². The molecule has 0 spiro atoms. The van der Waals surface area contributed by atoms with Crippen molar-refractivity contribution in [3.8, 4) is 0 Å². The van der Waals surface area contributed by atoms with E-state index in [9.17, 15) is 0 Å². The van der Waals surface area contributed by atoms with Crippen LogP contribution < -0.4 is 5.32 Å². The molecule has 1 aromatic rings. The van der Waals surface area contributed by atoms with E-state index < -0.39 is 0 Å². The molecule has 0 aromatic carbocycles. The molecule has 84 valence electrons. The van der Waals surface area contributed by atoms with Gasteiger partial charge in [-0.3, -0.25) is 0 Å². The van der Waals surface area contributed by atoms with Gasteiger partial charge in [0.1, 0.15) is 0 Å². The fourth-order valence-corrected chi connectivity index (χ4v) is 2.18. The average Bonchev–Trinajstić information content (AvgIpc) is 2.66. The van der Waals surface area contributed by atoms with Gasteiger partial charge in [0.05, 0.1) is 6.54 Å². The number of nitrogens with one attached hydrogen (secondary N) is 2. The van der Waals surface area contributed by atoms with Crippen molar-refractivity contribution in [1.82, 2.24) is 25.9 Å². The van der Waals surface area contributed by atoms with Crippen LogP contribution in [0.1, 0.15) is 44.9 Å². The van der Waals surface area contributed by atoms with Crippen LogP contribution in [0.15, 0.2) is 0 Å². The number of H-pyrrole nitrogens is 1. The molecule has 1 aromatic heterocycles. The molecule has 5 nitrogen and oxygen atoms in total. The zero-order valence-electron chi connectivity index (χ0n) is 9.24. The van der Waals surface area contributed by atoms with Crippen LogP contribution in [-0.4, -0.2) is 26.7 Å². The summed E-state index contributed by atoms with van der Waals surface area (Å²) in [4.78, 5) is 0. The number of aromatic nitrogens is 4. The molecule has 0 saturated heterocycles. The monoisotopic (exact) mass is 209 g/mol. The fourth-order valence-electron chi connectivity index (χ4n) is 2.18. The van der Waals surface area contributed by atoms with E-state index in [2.05, 4.69) is 32.9 Å². The van der Waals surface area contributed by atoms with E-state index in [1.165, 1.54) is 32.1 Å². The third-order valence-corrected chi connectivity index (χ3v) is 3.20. The summed E-state index contributed by atoms with van der Waals surface area (Å²) in [5, 5.41) is 17.4. The normalized spacial score (nSPS) is 27.5. The lowest BCUT2D eigenvalue weighted by molar-refractivity contribution is 0.442. The van der Waals surface area contributed by atoms with E-state index >= 15 is 0 Å². The van der Waals surface area contributed by atoms with Crippen LogP contribution in [-0.2, 0) is 6.54 Å². The van der Waals surface area contributed by atoms with E-state index in [1.807, 2.05) is 0 Å². The minimum absolute atomic E-state index is 0.633. The Kier molecular flexibility index (Phi) is 3.66. The SMILES string of the molecule is CC1CCCC(NCc2nn[nH]n2)CC1. The Balaban J connectivity index is 1.74. The molecule has 1 saturated carbocycles. The predicted molar refractivity (Wildman–Crippen MR) is 57.1 cm³/mol. The Bertz CT molecular complexity index is 271. The second kappa shape index (κ2) is 5.21. The summed E-state index contributed by atoms with van der Waals surface area (Å²) in [5.41, 5.74) is 0. The highest BCUT2D eigenvalue weighted by Gasteiger charge is 2.15. The standard InChI is InChI=1S/C10H19N5/c1-8-3-2-4-9(6-5-8)11-7-10-12-14-15-13-10/h8-9,11H,2-7H2,1H3,(H,12,13,14,15). The first-order chi connectivity index (χ1) is 7.34. The smallest absolute Gasteiger partial charge is 0.188 e. The maximum Gasteiger partial charge on any atom is 0.188 e. The van der Waals surface area contributed by atoms with Crippen LogP contribution in [0.5, 0.6) is 0 Å². The zero-order chi connectivity index (χ0) is 10.5. The topological polar surface area (TPSA) is 66.5 Å². The van der Waals surface area contributed by atoms with Gasteiger partial charge in [0.2, 0.25) is 0 Å². The van der Waals surface area contributed by atoms with E-state index in [0.717, 1.165) is 18.3 Å². The molecular weight excluding hydrogens is 190 g/mol. The minimum atomic E-state index is 0.633. The molecule has 1 fully saturated rings. The number of hydrogen-bond donors (Lipinski definition) is 2. The Labute approximate surface area is 90.0 Å². The summed E-state index contributed by atoms with van der Waals surface area (Å²) in [6.45, 7) is 3.08. The number of rotatable bonds is 3. The largest absolute Gasteiger partial charge is 0.307 e. The Morgan fingerprint density at radius 3 is 3.07 bits per heavy atom. The van der Waals surface area contributed by atoms with Gasteiger partial charge in [0.25, 0.3) is 0 Å². The Morgan fingerprint density at radius 1 is 1.33 bits per heavy atom. The van der Waals surface area contributed by atoms with E-state index in [0.29, 0.717) is 6.04 Å². The third-order valence-electron chi connectivity index (χ3n) is 3.20. The van der Waals surface area contributed by atoms with Gasteiger partial charge in [-0.25, -0.2) is 0 Å². The van der Waals surface area contributed by atoms with Gasteiger partial charge < -0.3 is 5.32 Å². The molecule has 1 aliphatic carbocycles. The molecule has 5 heteroatoms. The zero-order valence-corrected chi connectivity index (χ0v) is 9.24. The molecule has 0 radical (unpaired) electrons. The highest BCUT2D eigenvalue weighted by molar-refractivity contribution is 4.79. The van der Waals surface area contributed by atoms with Gasteiger partial charge in [-0.1, -0.05) is 25.0 Å². The molecule has 2 unspecified atom stereocenters. The lowest BCUT2D eigenvalue weighted by atomic mass is 10.0. The average molecular weight is 209 g/mol. The highest BCUT2D eigenvalue weighted by atomic mass is 15.5. The summed E-state index contributed by atoms with van der Waals surface area (Å²) in [6.07, 6.45) is 6.61. The van der Waals surface area contributed by atoms with E-state index in [-0.39, 0.29) is 0 Å². The van der Waals surface area contributed by atoms with Crippen LogP contribution in [0.2, 0.25) is 0 Å². The van der Waals surface area contributed by atoms with Crippen molar-refractivity contribution in [2.24, 2.45) is 5.92 Å². The molecule has 2 rings (SSSR count). The maximum absolute atomic E-state index is 3.93. The summed E-state index contributed by atoms with van der Waals surface area (Å²) in [7, 11) is 0. The molecular formula is C10H19N5. The predicted octanol–water partition coefficient (Wildman–Crippen LogP) is 1.26. The Hall–Kier alpha value is -0.970. The minimum Gasteiger partial charge on any atom is -0.307 e. The fraction of sp³-hybridized carbons (Fsp3) is 0.900. The van der Waals surface area contributed by atoms with Crippen molar-refractivity contribution < 1.29 is 0 Å². The first-order valence-electron chi connectivity index (χ1n) is 5.80. The van der Waals surface area contributed by atoms with Crippen molar-refractivity contribution >= 4 is 0 Å². The molecule has 2 N–H and O–H groups in total. The third kappa shape index (κ3) is 3.27. The summed E-state index contributed by atoms with van der Waals surface area (Å²) in [5.74, 6) is 1.65. The van der Waals surface area contributed by atoms with Crippen LogP contribution in [0.3, 0.4) is 0 Å². The van der Waals surface area contributed by atoms with Gasteiger partial charge >= 0.3 is 0 Å². The van der Waals surface area contributed by atoms with Gasteiger partial charge in [-0.15, -0.1) is 10.2 Å². The quantitative estimate of drug-likeness (QED) is 0.735. The van der Waals surface area contributed by atoms with Crippen molar-refractivity contribution in [2.75, 3.05) is 0 Å². The molecule has 0 bridgehead atoms. The molecule has 1 aliphatic rings. The maximum atomic E-state index is 3.93. The summed E-state index contributed by atoms with van der Waals surface area (Å²) in [6, 6.07) is 0.633. The van der Waals surface area contributed by atoms with Gasteiger partial charge in [-0.05, 0) is 25.2 Å². The highest BCUT2D eigenvalue weighted by Crippen LogP contribution is 2.22. The molecule has 0 aliphatic heterocycles. The molecule has 0 amide bonds. The lowest BCUT2D eigenvalue weighted by Crippen LogP contribution is -2.28. The van der Waals surface area contributed by atoms with Crippen LogP contribution >= 0.6 is 0 Å². The first kappa shape index (κ1) is 10.5. The summed E-state index contributed by atoms with van der Waals surface area (Å²) < 4.78 is 0. The van der Waals surface area contributed by atoms with Gasteiger partial charge in [0, 0.05) is 6.04 Å². The summed E-state index contributed by atoms with van der Waals surface area (Å²) >= 11 is 0. The number of tetrazole rings is 1. The number of aromatic amines is 1. The van der Waals surface area contributed by atoms with Crippen LogP contribution in [0, 0.1) is 5.92 Å². The lowest BCUT2D eigenvalue weighted by Gasteiger charge is -2.14. The van der Waals surface area contributed by atoms with Crippen molar-refractivity contribution in [1.29, 1.82) is 0 Å². The number of nitrogens with zero attached hydrogens (tertiary/aromatic N) is 3.